The monoisotopic (exact) mass is 406 g/mol. The predicted octanol–water partition coefficient (Wildman–Crippen LogP) is 2.98. The number of sulfonamides is 1. The normalized spacial score (nSPS) is 15.7. The molecule has 0 aromatic heterocycles. The van der Waals surface area contributed by atoms with Crippen LogP contribution in [0.5, 0.6) is 0 Å². The number of nitrogens with zero attached hydrogens (tertiary/aromatic N) is 2. The Balaban J connectivity index is 2.05. The van der Waals surface area contributed by atoms with Crippen molar-refractivity contribution in [1.82, 2.24) is 9.62 Å². The van der Waals surface area contributed by atoms with E-state index in [1.165, 1.54) is 29.2 Å². The number of nitrogens with one attached hydrogen (secondary N) is 1. The van der Waals surface area contributed by atoms with Crippen molar-refractivity contribution in [3.63, 3.8) is 0 Å². The van der Waals surface area contributed by atoms with Gasteiger partial charge in [0.15, 0.2) is 0 Å². The third-order valence-electron chi connectivity index (χ3n) is 4.41. The fraction of sp³-hybridized carbons (Fsp3) is 0.368. The van der Waals surface area contributed by atoms with Crippen LogP contribution in [0.4, 0.5) is 5.69 Å². The van der Waals surface area contributed by atoms with Gasteiger partial charge in [-0.2, -0.15) is 4.31 Å². The van der Waals surface area contributed by atoms with Gasteiger partial charge in [0.1, 0.15) is 0 Å². The molecule has 6 nitrogen and oxygen atoms in total. The lowest BCUT2D eigenvalue weighted by Gasteiger charge is -2.29. The zero-order valence-corrected chi connectivity index (χ0v) is 17.4. The van der Waals surface area contributed by atoms with Crippen molar-refractivity contribution in [2.75, 3.05) is 38.3 Å². The second kappa shape index (κ2) is 8.20. The maximum absolute atomic E-state index is 13.3. The highest BCUT2D eigenvalue weighted by Gasteiger charge is 2.29. The van der Waals surface area contributed by atoms with Crippen molar-refractivity contribution in [3.8, 4) is 0 Å². The van der Waals surface area contributed by atoms with E-state index in [4.69, 9.17) is 0 Å². The molecule has 1 fully saturated rings. The number of aryl methyl sites for hydroxylation is 2. The molecular formula is C19H24N3O3S2-. The van der Waals surface area contributed by atoms with Gasteiger partial charge in [0.05, 0.1) is 4.90 Å². The first-order valence-electron chi connectivity index (χ1n) is 8.79. The van der Waals surface area contributed by atoms with E-state index in [0.29, 0.717) is 41.8 Å². The summed E-state index contributed by atoms with van der Waals surface area (Å²) >= 11 is 1.41. The van der Waals surface area contributed by atoms with Gasteiger partial charge in [-0.3, -0.25) is 0 Å². The van der Waals surface area contributed by atoms with Crippen LogP contribution in [0.3, 0.4) is 0 Å². The summed E-state index contributed by atoms with van der Waals surface area (Å²) in [7, 11) is -2.31. The van der Waals surface area contributed by atoms with E-state index in [0.717, 1.165) is 16.0 Å². The zero-order chi connectivity index (χ0) is 19.6. The number of benzene rings is 2. The highest BCUT2D eigenvalue weighted by molar-refractivity contribution is 8.00. The topological polar surface area (TPSA) is 75.7 Å². The zero-order valence-electron chi connectivity index (χ0n) is 15.7. The fourth-order valence-corrected chi connectivity index (χ4v) is 6.13. The summed E-state index contributed by atoms with van der Waals surface area (Å²) in [6.45, 7) is 6.14. The van der Waals surface area contributed by atoms with E-state index in [1.807, 2.05) is 26.0 Å². The molecule has 1 heterocycles. The van der Waals surface area contributed by atoms with Gasteiger partial charge in [-0.1, -0.05) is 17.8 Å². The van der Waals surface area contributed by atoms with Gasteiger partial charge >= 0.3 is 0 Å². The lowest BCUT2D eigenvalue weighted by molar-refractivity contribution is 0.359. The van der Waals surface area contributed by atoms with E-state index in [-0.39, 0.29) is 4.90 Å². The van der Waals surface area contributed by atoms with Crippen molar-refractivity contribution >= 4 is 27.5 Å². The van der Waals surface area contributed by atoms with Crippen LogP contribution in [0.2, 0.25) is 0 Å². The Labute approximate surface area is 165 Å². The lowest BCUT2D eigenvalue weighted by Crippen LogP contribution is -2.46. The summed E-state index contributed by atoms with van der Waals surface area (Å²) in [6.07, 6.45) is 0. The number of hydroxylamine groups is 1. The fourth-order valence-electron chi connectivity index (χ4n) is 3.12. The Hall–Kier alpha value is -1.58. The summed E-state index contributed by atoms with van der Waals surface area (Å²) in [5.74, 6) is 0. The standard InChI is InChI=1S/C19H24N3O3S2/c1-14-10-15(2)12-17(11-14)26-18-5-4-16(21(3)23)13-19(18)27(24,25)22-8-6-20-7-9-22/h4-5,10-13,20H,6-9H2,1-3H3/q-1. The van der Waals surface area contributed by atoms with E-state index >= 15 is 0 Å². The molecule has 2 aromatic carbocycles. The first-order valence-corrected chi connectivity index (χ1v) is 11.0. The van der Waals surface area contributed by atoms with Crippen LogP contribution in [0.25, 0.3) is 0 Å². The van der Waals surface area contributed by atoms with Crippen molar-refractivity contribution in [2.24, 2.45) is 0 Å². The highest BCUT2D eigenvalue weighted by Crippen LogP contribution is 2.37. The van der Waals surface area contributed by atoms with Crippen LogP contribution in [0, 0.1) is 19.1 Å². The van der Waals surface area contributed by atoms with Crippen LogP contribution < -0.4 is 10.4 Å². The molecule has 0 aliphatic carbocycles. The third kappa shape index (κ3) is 4.64. The van der Waals surface area contributed by atoms with Crippen molar-refractivity contribution in [2.45, 2.75) is 28.5 Å². The van der Waals surface area contributed by atoms with Gasteiger partial charge in [0.2, 0.25) is 10.0 Å². The number of rotatable bonds is 5. The molecule has 0 unspecified atom stereocenters. The molecule has 0 atom stereocenters. The largest absolute Gasteiger partial charge is 0.758 e. The van der Waals surface area contributed by atoms with Gasteiger partial charge in [-0.15, -0.1) is 0 Å². The highest BCUT2D eigenvalue weighted by atomic mass is 32.2. The molecule has 1 N–H and O–H groups in total. The minimum atomic E-state index is -3.68. The van der Waals surface area contributed by atoms with Crippen molar-refractivity contribution in [3.05, 3.63) is 52.7 Å². The molecule has 1 aliphatic heterocycles. The van der Waals surface area contributed by atoms with E-state index in [1.54, 1.807) is 12.1 Å². The number of anilines is 1. The second-order valence-electron chi connectivity index (χ2n) is 6.71. The number of piperazine rings is 1. The predicted molar refractivity (Wildman–Crippen MR) is 110 cm³/mol. The third-order valence-corrected chi connectivity index (χ3v) is 7.52. The first kappa shape index (κ1) is 20.2. The summed E-state index contributed by atoms with van der Waals surface area (Å²) in [5, 5.41) is 15.6. The summed E-state index contributed by atoms with van der Waals surface area (Å²) < 4.78 is 28.0. The van der Waals surface area contributed by atoms with Crippen molar-refractivity contribution in [1.29, 1.82) is 0 Å². The van der Waals surface area contributed by atoms with Gasteiger partial charge in [0, 0.05) is 41.7 Å². The van der Waals surface area contributed by atoms with Gasteiger partial charge in [-0.05, 0) is 62.4 Å². The summed E-state index contributed by atoms with van der Waals surface area (Å²) in [5.41, 5.74) is 2.58. The molecule has 8 heteroatoms. The van der Waals surface area contributed by atoms with Crippen LogP contribution in [0.15, 0.2) is 51.1 Å². The van der Waals surface area contributed by atoms with Crippen LogP contribution in [-0.4, -0.2) is 45.9 Å². The molecule has 1 aliphatic rings. The summed E-state index contributed by atoms with van der Waals surface area (Å²) in [4.78, 5) is 1.80. The van der Waals surface area contributed by atoms with Gasteiger partial charge in [-0.25, -0.2) is 8.42 Å². The Bertz CT molecular complexity index is 904. The number of hydrogen-bond donors (Lipinski definition) is 1. The van der Waals surface area contributed by atoms with E-state index < -0.39 is 10.0 Å². The van der Waals surface area contributed by atoms with Gasteiger partial charge in [0.25, 0.3) is 0 Å². The molecule has 27 heavy (non-hydrogen) atoms. The smallest absolute Gasteiger partial charge is 0.244 e. The molecule has 0 bridgehead atoms. The number of hydrogen-bond acceptors (Lipinski definition) is 6. The molecule has 3 rings (SSSR count). The molecule has 0 spiro atoms. The summed E-state index contributed by atoms with van der Waals surface area (Å²) in [6, 6.07) is 11.0. The van der Waals surface area contributed by atoms with Crippen LogP contribution in [-0.2, 0) is 10.0 Å². The Kier molecular flexibility index (Phi) is 6.12. The quantitative estimate of drug-likeness (QED) is 0.770. The maximum atomic E-state index is 13.3. The first-order chi connectivity index (χ1) is 12.8. The van der Waals surface area contributed by atoms with E-state index in [2.05, 4.69) is 11.4 Å². The Morgan fingerprint density at radius 3 is 2.30 bits per heavy atom. The second-order valence-corrected chi connectivity index (χ2v) is 9.73. The SMILES string of the molecule is Cc1cc(C)cc(Sc2ccc(N(C)[O-])cc2S(=O)(=O)N2CCNCC2)c1. The molecular weight excluding hydrogens is 382 g/mol. The minimum absolute atomic E-state index is 0.189. The maximum Gasteiger partial charge on any atom is 0.244 e. The average molecular weight is 407 g/mol. The van der Waals surface area contributed by atoms with Crippen LogP contribution >= 0.6 is 11.8 Å². The van der Waals surface area contributed by atoms with Gasteiger partial charge < -0.3 is 15.6 Å². The molecule has 0 amide bonds. The molecule has 0 saturated carbocycles. The Morgan fingerprint density at radius 1 is 1.07 bits per heavy atom. The molecule has 2 aromatic rings. The molecule has 0 radical (unpaired) electrons. The average Bonchev–Trinajstić information content (AvgIpc) is 2.61. The lowest BCUT2D eigenvalue weighted by atomic mass is 10.2. The van der Waals surface area contributed by atoms with Crippen molar-refractivity contribution < 1.29 is 8.42 Å². The Morgan fingerprint density at radius 2 is 1.70 bits per heavy atom. The van der Waals surface area contributed by atoms with Crippen LogP contribution in [0.1, 0.15) is 11.1 Å². The molecule has 1 saturated heterocycles. The molecule has 146 valence electrons. The minimum Gasteiger partial charge on any atom is -0.758 e. The van der Waals surface area contributed by atoms with E-state index in [9.17, 15) is 13.6 Å².